The van der Waals surface area contributed by atoms with Crippen LogP contribution in [-0.4, -0.2) is 44.3 Å². The third kappa shape index (κ3) is 7.43. The molecule has 0 heterocycles. The molecule has 0 unspecified atom stereocenters. The van der Waals surface area contributed by atoms with Crippen molar-refractivity contribution >= 4 is 27.5 Å². The zero-order valence-corrected chi connectivity index (χ0v) is 22.6. The van der Waals surface area contributed by atoms with Gasteiger partial charge >= 0.3 is 0 Å². The van der Waals surface area contributed by atoms with E-state index in [1.165, 1.54) is 17.0 Å². The van der Waals surface area contributed by atoms with E-state index in [0.717, 1.165) is 15.4 Å². The number of carbonyl (C=O) groups excluding carboxylic acids is 2. The van der Waals surface area contributed by atoms with Crippen LogP contribution < -0.4 is 9.62 Å². The molecule has 0 spiro atoms. The normalized spacial score (nSPS) is 12.1. The van der Waals surface area contributed by atoms with Gasteiger partial charge in [-0.3, -0.25) is 13.9 Å². The highest BCUT2D eigenvalue weighted by atomic mass is 32.2. The molecule has 0 aliphatic heterocycles. The van der Waals surface area contributed by atoms with Crippen molar-refractivity contribution in [3.05, 3.63) is 96.1 Å². The standard InChI is InChI=1S/C29H35N3O4S/c1-22(2)19-30-29(34)24(4)31(20-25-13-11-12-23(3)18-25)28(33)21-32(26-14-7-5-8-15-26)37(35,36)27-16-9-6-10-17-27/h5-18,22,24H,19-21H2,1-4H3,(H,30,34)/t24-/m0/s1. The lowest BCUT2D eigenvalue weighted by Gasteiger charge is -2.32. The molecule has 3 aromatic rings. The van der Waals surface area contributed by atoms with Crippen molar-refractivity contribution in [1.29, 1.82) is 0 Å². The first-order chi connectivity index (χ1) is 17.6. The summed E-state index contributed by atoms with van der Waals surface area (Å²) in [6, 6.07) is 23.4. The minimum Gasteiger partial charge on any atom is -0.354 e. The van der Waals surface area contributed by atoms with Gasteiger partial charge in [0.05, 0.1) is 10.6 Å². The molecule has 0 saturated carbocycles. The summed E-state index contributed by atoms with van der Waals surface area (Å²) in [6.45, 7) is 7.81. The van der Waals surface area contributed by atoms with Gasteiger partial charge in [0.25, 0.3) is 10.0 Å². The number of nitrogens with one attached hydrogen (secondary N) is 1. The average molecular weight is 522 g/mol. The van der Waals surface area contributed by atoms with Crippen LogP contribution in [0.25, 0.3) is 0 Å². The maximum atomic E-state index is 13.8. The number of nitrogens with zero attached hydrogens (tertiary/aromatic N) is 2. The second-order valence-corrected chi connectivity index (χ2v) is 11.3. The van der Waals surface area contributed by atoms with E-state index in [1.54, 1.807) is 55.5 Å². The number of benzene rings is 3. The number of aryl methyl sites for hydroxylation is 1. The highest BCUT2D eigenvalue weighted by Crippen LogP contribution is 2.24. The molecule has 1 atom stereocenters. The maximum absolute atomic E-state index is 13.8. The van der Waals surface area contributed by atoms with Gasteiger partial charge in [0.15, 0.2) is 0 Å². The van der Waals surface area contributed by atoms with E-state index in [9.17, 15) is 18.0 Å². The van der Waals surface area contributed by atoms with E-state index < -0.39 is 28.5 Å². The Morgan fingerprint density at radius 3 is 2.08 bits per heavy atom. The Labute approximate surface area is 220 Å². The smallest absolute Gasteiger partial charge is 0.264 e. The first kappa shape index (κ1) is 27.9. The topological polar surface area (TPSA) is 86.8 Å². The van der Waals surface area contributed by atoms with Gasteiger partial charge < -0.3 is 10.2 Å². The summed E-state index contributed by atoms with van der Waals surface area (Å²) in [5.41, 5.74) is 2.25. The van der Waals surface area contributed by atoms with E-state index in [1.807, 2.05) is 45.0 Å². The molecule has 196 valence electrons. The number of anilines is 1. The lowest BCUT2D eigenvalue weighted by molar-refractivity contribution is -0.139. The van der Waals surface area contributed by atoms with Crippen LogP contribution in [0, 0.1) is 12.8 Å². The van der Waals surface area contributed by atoms with Crippen LogP contribution in [0.2, 0.25) is 0 Å². The fourth-order valence-electron chi connectivity index (χ4n) is 3.88. The third-order valence-corrected chi connectivity index (χ3v) is 7.73. The molecular weight excluding hydrogens is 486 g/mol. The predicted octanol–water partition coefficient (Wildman–Crippen LogP) is 4.38. The summed E-state index contributed by atoms with van der Waals surface area (Å²) in [6.07, 6.45) is 0. The fraction of sp³-hybridized carbons (Fsp3) is 0.310. The number of amides is 2. The molecule has 7 nitrogen and oxygen atoms in total. The van der Waals surface area contributed by atoms with Gasteiger partial charge in [0.1, 0.15) is 12.6 Å². The monoisotopic (exact) mass is 521 g/mol. The molecule has 0 aliphatic rings. The van der Waals surface area contributed by atoms with Crippen molar-refractivity contribution in [2.45, 2.75) is 45.2 Å². The molecule has 0 bridgehead atoms. The van der Waals surface area contributed by atoms with Crippen LogP contribution in [0.1, 0.15) is 31.9 Å². The summed E-state index contributed by atoms with van der Waals surface area (Å²) in [7, 11) is -4.04. The fourth-order valence-corrected chi connectivity index (χ4v) is 5.32. The number of rotatable bonds is 11. The van der Waals surface area contributed by atoms with Crippen LogP contribution >= 0.6 is 0 Å². The first-order valence-corrected chi connectivity index (χ1v) is 13.8. The number of hydrogen-bond acceptors (Lipinski definition) is 4. The Morgan fingerprint density at radius 2 is 1.49 bits per heavy atom. The van der Waals surface area contributed by atoms with Crippen LogP contribution in [0.5, 0.6) is 0 Å². The van der Waals surface area contributed by atoms with E-state index in [2.05, 4.69) is 5.32 Å². The second-order valence-electron chi connectivity index (χ2n) is 9.49. The highest BCUT2D eigenvalue weighted by molar-refractivity contribution is 7.92. The van der Waals surface area contributed by atoms with Crippen molar-refractivity contribution < 1.29 is 18.0 Å². The van der Waals surface area contributed by atoms with Crippen molar-refractivity contribution in [3.63, 3.8) is 0 Å². The lowest BCUT2D eigenvalue weighted by atomic mass is 10.1. The third-order valence-electron chi connectivity index (χ3n) is 5.94. The van der Waals surface area contributed by atoms with Crippen LogP contribution in [0.4, 0.5) is 5.69 Å². The number of carbonyl (C=O) groups is 2. The van der Waals surface area contributed by atoms with Crippen LogP contribution in [0.15, 0.2) is 89.8 Å². The van der Waals surface area contributed by atoms with Crippen LogP contribution in [-0.2, 0) is 26.2 Å². The molecule has 3 aromatic carbocycles. The summed E-state index contributed by atoms with van der Waals surface area (Å²) in [5, 5.41) is 2.89. The Hall–Kier alpha value is -3.65. The highest BCUT2D eigenvalue weighted by Gasteiger charge is 2.32. The Kier molecular flexibility index (Phi) is 9.47. The summed E-state index contributed by atoms with van der Waals surface area (Å²) >= 11 is 0. The zero-order valence-electron chi connectivity index (χ0n) is 21.8. The number of sulfonamides is 1. The minimum absolute atomic E-state index is 0.0830. The minimum atomic E-state index is -4.04. The van der Waals surface area contributed by atoms with Gasteiger partial charge in [-0.25, -0.2) is 8.42 Å². The van der Waals surface area contributed by atoms with E-state index >= 15 is 0 Å². The molecule has 0 radical (unpaired) electrons. The largest absolute Gasteiger partial charge is 0.354 e. The molecule has 1 N–H and O–H groups in total. The molecule has 0 aliphatic carbocycles. The predicted molar refractivity (Wildman–Crippen MR) is 146 cm³/mol. The SMILES string of the molecule is Cc1cccc(CN(C(=O)CN(c2ccccc2)S(=O)(=O)c2ccccc2)[C@@H](C)C(=O)NCC(C)C)c1. The van der Waals surface area contributed by atoms with E-state index in [4.69, 9.17) is 0 Å². The summed E-state index contributed by atoms with van der Waals surface area (Å²) < 4.78 is 28.4. The Morgan fingerprint density at radius 1 is 0.865 bits per heavy atom. The summed E-state index contributed by atoms with van der Waals surface area (Å²) in [5.74, 6) is -0.509. The maximum Gasteiger partial charge on any atom is 0.264 e. The van der Waals surface area contributed by atoms with Crippen molar-refractivity contribution in [2.75, 3.05) is 17.4 Å². The van der Waals surface area contributed by atoms with Crippen LogP contribution in [0.3, 0.4) is 0 Å². The Bertz CT molecular complexity index is 1290. The van der Waals surface area contributed by atoms with Gasteiger partial charge in [-0.15, -0.1) is 0 Å². The van der Waals surface area contributed by atoms with Crippen molar-refractivity contribution in [3.8, 4) is 0 Å². The van der Waals surface area contributed by atoms with E-state index in [0.29, 0.717) is 12.2 Å². The molecular formula is C29H35N3O4S. The van der Waals surface area contributed by atoms with Gasteiger partial charge in [-0.05, 0) is 49.6 Å². The van der Waals surface area contributed by atoms with Gasteiger partial charge in [-0.2, -0.15) is 0 Å². The number of para-hydroxylation sites is 1. The van der Waals surface area contributed by atoms with Crippen molar-refractivity contribution in [2.24, 2.45) is 5.92 Å². The second kappa shape index (κ2) is 12.5. The van der Waals surface area contributed by atoms with Gasteiger partial charge in [0, 0.05) is 13.1 Å². The molecule has 37 heavy (non-hydrogen) atoms. The average Bonchev–Trinajstić information content (AvgIpc) is 2.89. The van der Waals surface area contributed by atoms with Gasteiger partial charge in [0.2, 0.25) is 11.8 Å². The molecule has 2 amide bonds. The summed E-state index contributed by atoms with van der Waals surface area (Å²) in [4.78, 5) is 28.3. The zero-order chi connectivity index (χ0) is 27.0. The molecule has 0 saturated heterocycles. The Balaban J connectivity index is 1.97. The van der Waals surface area contributed by atoms with Crippen molar-refractivity contribution in [1.82, 2.24) is 10.2 Å². The van der Waals surface area contributed by atoms with Gasteiger partial charge in [-0.1, -0.05) is 80.1 Å². The molecule has 3 rings (SSSR count). The molecule has 0 aromatic heterocycles. The van der Waals surface area contributed by atoms with E-state index in [-0.39, 0.29) is 23.3 Å². The lowest BCUT2D eigenvalue weighted by Crippen LogP contribution is -2.51. The number of hydrogen-bond donors (Lipinski definition) is 1. The molecule has 8 heteroatoms. The quantitative estimate of drug-likeness (QED) is 0.406. The molecule has 0 fully saturated rings. The first-order valence-electron chi connectivity index (χ1n) is 12.3.